The van der Waals surface area contributed by atoms with Gasteiger partial charge < -0.3 is 4.74 Å². The number of ether oxygens (including phenoxy) is 1. The van der Waals surface area contributed by atoms with Gasteiger partial charge in [0.25, 0.3) is 0 Å². The summed E-state index contributed by atoms with van der Waals surface area (Å²) in [5.74, 6) is -1.03. The third-order valence-corrected chi connectivity index (χ3v) is 7.29. The van der Waals surface area contributed by atoms with E-state index in [9.17, 15) is 13.2 Å². The molecule has 0 spiro atoms. The molecule has 6 nitrogen and oxygen atoms in total. The molecule has 0 aliphatic carbocycles. The SMILES string of the molecule is COc1ccc(S(=O)(=O)C(CCCCc2ccccc2)[C@@H](C)C(=O)NO)cc1. The predicted molar refractivity (Wildman–Crippen MR) is 107 cm³/mol. The molecular formula is C21H27NO5S. The first-order chi connectivity index (χ1) is 13.4. The Bertz CT molecular complexity index is 850. The molecular weight excluding hydrogens is 378 g/mol. The van der Waals surface area contributed by atoms with Crippen molar-refractivity contribution in [3.63, 3.8) is 0 Å². The van der Waals surface area contributed by atoms with Crippen molar-refractivity contribution in [3.05, 3.63) is 60.2 Å². The van der Waals surface area contributed by atoms with Crippen molar-refractivity contribution in [1.82, 2.24) is 5.48 Å². The number of aryl methyl sites for hydroxylation is 1. The van der Waals surface area contributed by atoms with E-state index in [4.69, 9.17) is 9.94 Å². The average Bonchev–Trinajstić information content (AvgIpc) is 2.73. The van der Waals surface area contributed by atoms with Crippen molar-refractivity contribution in [2.45, 2.75) is 42.8 Å². The van der Waals surface area contributed by atoms with Crippen LogP contribution in [-0.4, -0.2) is 31.9 Å². The molecule has 0 saturated carbocycles. The lowest BCUT2D eigenvalue weighted by Gasteiger charge is -2.23. The molecule has 1 amide bonds. The molecule has 7 heteroatoms. The predicted octanol–water partition coefficient (Wildman–Crippen LogP) is 3.39. The zero-order valence-corrected chi connectivity index (χ0v) is 17.0. The van der Waals surface area contributed by atoms with E-state index in [1.54, 1.807) is 17.6 Å². The van der Waals surface area contributed by atoms with Crippen LogP contribution in [0.25, 0.3) is 0 Å². The van der Waals surface area contributed by atoms with Gasteiger partial charge in [-0.2, -0.15) is 0 Å². The van der Waals surface area contributed by atoms with Gasteiger partial charge in [-0.05, 0) is 49.1 Å². The van der Waals surface area contributed by atoms with Crippen LogP contribution in [0.15, 0.2) is 59.5 Å². The Labute approximate surface area is 166 Å². The van der Waals surface area contributed by atoms with E-state index in [0.717, 1.165) is 12.8 Å². The minimum atomic E-state index is -3.75. The second-order valence-electron chi connectivity index (χ2n) is 6.76. The van der Waals surface area contributed by atoms with E-state index >= 15 is 0 Å². The van der Waals surface area contributed by atoms with Crippen LogP contribution in [0.1, 0.15) is 31.7 Å². The highest BCUT2D eigenvalue weighted by Gasteiger charge is 2.35. The van der Waals surface area contributed by atoms with Crippen LogP contribution in [-0.2, 0) is 21.1 Å². The third-order valence-electron chi connectivity index (χ3n) is 4.91. The molecule has 1 unspecified atom stereocenters. The number of hydroxylamine groups is 1. The molecule has 0 aliphatic rings. The van der Waals surface area contributed by atoms with Crippen LogP contribution in [0.5, 0.6) is 5.75 Å². The normalized spacial score (nSPS) is 13.5. The number of methoxy groups -OCH3 is 1. The van der Waals surface area contributed by atoms with E-state index in [1.807, 2.05) is 30.3 Å². The Morgan fingerprint density at radius 2 is 1.71 bits per heavy atom. The topological polar surface area (TPSA) is 92.7 Å². The highest BCUT2D eigenvalue weighted by atomic mass is 32.2. The van der Waals surface area contributed by atoms with Gasteiger partial charge in [-0.3, -0.25) is 10.0 Å². The molecule has 0 saturated heterocycles. The smallest absolute Gasteiger partial charge is 0.247 e. The summed E-state index contributed by atoms with van der Waals surface area (Å²) in [5, 5.41) is 8.04. The van der Waals surface area contributed by atoms with Gasteiger partial charge in [-0.15, -0.1) is 0 Å². The fourth-order valence-corrected chi connectivity index (χ4v) is 5.21. The van der Waals surface area contributed by atoms with Crippen LogP contribution in [0, 0.1) is 5.92 Å². The average molecular weight is 406 g/mol. The molecule has 2 atom stereocenters. The van der Waals surface area contributed by atoms with E-state index in [-0.39, 0.29) is 4.90 Å². The lowest BCUT2D eigenvalue weighted by molar-refractivity contribution is -0.132. The summed E-state index contributed by atoms with van der Waals surface area (Å²) in [6.07, 6.45) is 2.64. The minimum Gasteiger partial charge on any atom is -0.497 e. The number of unbranched alkanes of at least 4 members (excludes halogenated alkanes) is 1. The van der Waals surface area contributed by atoms with Crippen LogP contribution in [0.4, 0.5) is 0 Å². The number of sulfone groups is 1. The molecule has 28 heavy (non-hydrogen) atoms. The summed E-state index contributed by atoms with van der Waals surface area (Å²) >= 11 is 0. The van der Waals surface area contributed by atoms with Crippen molar-refractivity contribution in [1.29, 1.82) is 0 Å². The molecule has 2 aromatic rings. The second kappa shape index (κ2) is 10.2. The lowest BCUT2D eigenvalue weighted by atomic mass is 10.00. The number of carbonyl (C=O) groups excluding carboxylic acids is 1. The fraction of sp³-hybridized carbons (Fsp3) is 0.381. The fourth-order valence-electron chi connectivity index (χ4n) is 3.20. The maximum atomic E-state index is 13.2. The second-order valence-corrected chi connectivity index (χ2v) is 8.92. The maximum absolute atomic E-state index is 13.2. The van der Waals surface area contributed by atoms with Gasteiger partial charge in [-0.25, -0.2) is 13.9 Å². The molecule has 2 N–H and O–H groups in total. The molecule has 2 rings (SSSR count). The van der Waals surface area contributed by atoms with E-state index in [2.05, 4.69) is 0 Å². The first-order valence-corrected chi connectivity index (χ1v) is 10.8. The van der Waals surface area contributed by atoms with Crippen molar-refractivity contribution >= 4 is 15.7 Å². The first-order valence-electron chi connectivity index (χ1n) is 9.26. The largest absolute Gasteiger partial charge is 0.497 e. The van der Waals surface area contributed by atoms with Gasteiger partial charge in [0.15, 0.2) is 9.84 Å². The van der Waals surface area contributed by atoms with Gasteiger partial charge in [0.1, 0.15) is 5.75 Å². The molecule has 0 bridgehead atoms. The summed E-state index contributed by atoms with van der Waals surface area (Å²) in [5.41, 5.74) is 2.77. The van der Waals surface area contributed by atoms with Crippen LogP contribution >= 0.6 is 0 Å². The van der Waals surface area contributed by atoms with Gasteiger partial charge in [0.05, 0.1) is 23.2 Å². The van der Waals surface area contributed by atoms with Crippen LogP contribution < -0.4 is 10.2 Å². The number of amides is 1. The zero-order valence-electron chi connectivity index (χ0n) is 16.2. The molecule has 0 fully saturated rings. The molecule has 0 heterocycles. The molecule has 0 radical (unpaired) electrons. The van der Waals surface area contributed by atoms with Gasteiger partial charge in [-0.1, -0.05) is 43.7 Å². The number of hydrogen-bond acceptors (Lipinski definition) is 5. The van der Waals surface area contributed by atoms with Gasteiger partial charge in [0, 0.05) is 0 Å². The first kappa shape index (κ1) is 21.9. The zero-order chi connectivity index (χ0) is 20.6. The summed E-state index contributed by atoms with van der Waals surface area (Å²) in [7, 11) is -2.25. The number of rotatable bonds is 10. The van der Waals surface area contributed by atoms with Gasteiger partial charge in [0.2, 0.25) is 5.91 Å². The van der Waals surface area contributed by atoms with Crippen molar-refractivity contribution in [2.24, 2.45) is 5.92 Å². The standard InChI is InChI=1S/C21H27NO5S/c1-16(21(23)22-24)20(11-7-6-10-17-8-4-3-5-9-17)28(25,26)19-14-12-18(27-2)13-15-19/h3-5,8-9,12-16,20,24H,6-7,10-11H2,1-2H3,(H,22,23)/t16-,20?/m1/s1. The summed E-state index contributed by atoms with van der Waals surface area (Å²) in [6, 6.07) is 16.1. The van der Waals surface area contributed by atoms with Crippen molar-refractivity contribution < 1.29 is 23.2 Å². The molecule has 0 aliphatic heterocycles. The van der Waals surface area contributed by atoms with E-state index in [1.165, 1.54) is 31.7 Å². The lowest BCUT2D eigenvalue weighted by Crippen LogP contribution is -2.38. The Morgan fingerprint density at radius 1 is 1.07 bits per heavy atom. The number of carbonyl (C=O) groups is 1. The van der Waals surface area contributed by atoms with Crippen molar-refractivity contribution in [3.8, 4) is 5.75 Å². The number of nitrogens with one attached hydrogen (secondary N) is 1. The maximum Gasteiger partial charge on any atom is 0.247 e. The summed E-state index contributed by atoms with van der Waals surface area (Å²) < 4.78 is 31.4. The molecule has 0 aromatic heterocycles. The third kappa shape index (κ3) is 5.56. The highest BCUT2D eigenvalue weighted by molar-refractivity contribution is 7.92. The highest BCUT2D eigenvalue weighted by Crippen LogP contribution is 2.28. The van der Waals surface area contributed by atoms with Crippen molar-refractivity contribution in [2.75, 3.05) is 7.11 Å². The summed E-state index contributed by atoms with van der Waals surface area (Å²) in [6.45, 7) is 1.52. The Balaban J connectivity index is 2.14. The van der Waals surface area contributed by atoms with E-state index < -0.39 is 26.9 Å². The number of benzene rings is 2. The molecule has 152 valence electrons. The summed E-state index contributed by atoms with van der Waals surface area (Å²) in [4.78, 5) is 12.1. The Hall–Kier alpha value is -2.38. The van der Waals surface area contributed by atoms with Crippen LogP contribution in [0.3, 0.4) is 0 Å². The quantitative estimate of drug-likeness (QED) is 0.359. The van der Waals surface area contributed by atoms with Gasteiger partial charge >= 0.3 is 0 Å². The number of hydrogen-bond donors (Lipinski definition) is 2. The molecule has 2 aromatic carbocycles. The Morgan fingerprint density at radius 3 is 2.29 bits per heavy atom. The van der Waals surface area contributed by atoms with E-state index in [0.29, 0.717) is 18.6 Å². The monoisotopic (exact) mass is 405 g/mol. The minimum absolute atomic E-state index is 0.138. The van der Waals surface area contributed by atoms with Crippen LogP contribution in [0.2, 0.25) is 0 Å². The Kier molecular flexibility index (Phi) is 8.02.